The summed E-state index contributed by atoms with van der Waals surface area (Å²) in [6.45, 7) is 19.2. The van der Waals surface area contributed by atoms with Crippen molar-refractivity contribution in [3.05, 3.63) is 59.3 Å². The predicted octanol–water partition coefficient (Wildman–Crippen LogP) is 5.19. The van der Waals surface area contributed by atoms with Crippen LogP contribution in [-0.2, 0) is 33.3 Å². The molecule has 50 heavy (non-hydrogen) atoms. The van der Waals surface area contributed by atoms with Crippen LogP contribution in [0.4, 0.5) is 4.79 Å². The monoisotopic (exact) mass is 697 g/mol. The highest BCUT2D eigenvalue weighted by Gasteiger charge is 2.45. The number of hydrogen-bond acceptors (Lipinski definition) is 10. The molecule has 0 saturated heterocycles. The molecule has 1 heterocycles. The van der Waals surface area contributed by atoms with Gasteiger partial charge in [-0.2, -0.15) is 0 Å². The second-order valence-corrected chi connectivity index (χ2v) is 14.0. The Hall–Kier alpha value is -4.52. The first-order valence-electron chi connectivity index (χ1n) is 17.1. The molecule has 0 saturated carbocycles. The van der Waals surface area contributed by atoms with Crippen LogP contribution < -0.4 is 10.6 Å². The molecule has 3 rings (SSSR count). The Morgan fingerprint density at radius 3 is 2.06 bits per heavy atom. The molecule has 13 nitrogen and oxygen atoms in total. The lowest BCUT2D eigenvalue weighted by molar-refractivity contribution is -0.186. The molecule has 4 amide bonds. The summed E-state index contributed by atoms with van der Waals surface area (Å²) in [5, 5.41) is 5.58. The summed E-state index contributed by atoms with van der Waals surface area (Å²) in [7, 11) is 0. The zero-order valence-corrected chi connectivity index (χ0v) is 30.5. The molecule has 1 aliphatic heterocycles. The van der Waals surface area contributed by atoms with Crippen LogP contribution in [0.2, 0.25) is 0 Å². The van der Waals surface area contributed by atoms with Gasteiger partial charge in [-0.1, -0.05) is 46.4 Å². The number of fused-ring (bicyclic) bond motifs is 1. The van der Waals surface area contributed by atoms with Gasteiger partial charge in [0.15, 0.2) is 0 Å². The minimum Gasteiger partial charge on any atom is -0.444 e. The van der Waals surface area contributed by atoms with E-state index in [1.165, 1.54) is 26.0 Å². The summed E-state index contributed by atoms with van der Waals surface area (Å²) in [5.74, 6) is -4.19. The quantitative estimate of drug-likeness (QED) is 0.150. The summed E-state index contributed by atoms with van der Waals surface area (Å²) in [5.41, 5.74) is 0.177. The molecule has 0 fully saturated rings. The average Bonchev–Trinajstić information content (AvgIpc) is 3.24. The number of nitrogens with one attached hydrogen (secondary N) is 2. The Balaban J connectivity index is 1.81. The second kappa shape index (κ2) is 16.9. The third-order valence-corrected chi connectivity index (χ3v) is 8.32. The molecule has 274 valence electrons. The standard InChI is InChI=1S/C37H51N3O10/c1-11-26(12-2)49-29-19-25(18-24(30(29)39-22(6)41)17-21(5)38-36(46)50-37(8,9)10)34(44)47-23(7)48-35(45)31(20(3)4)40-32(42)27-15-13-14-16-28(27)33(40)43/h13-16,19-20,23-24,26,29-31H,5,11-12,17-18H2,1-4,6-10H3,(H,38,46)(H,39,41)/t23?,24-,29+,30+,31?/m0/s1. The molecule has 2 unspecified atom stereocenters. The third kappa shape index (κ3) is 10.3. The van der Waals surface area contributed by atoms with Gasteiger partial charge in [-0.3, -0.25) is 24.6 Å². The second-order valence-electron chi connectivity index (χ2n) is 14.0. The lowest BCUT2D eigenvalue weighted by Crippen LogP contribution is -2.52. The van der Waals surface area contributed by atoms with Crippen molar-refractivity contribution in [3.63, 3.8) is 0 Å². The fraction of sp³-hybridized carbons (Fsp3) is 0.568. The van der Waals surface area contributed by atoms with Crippen LogP contribution in [0.1, 0.15) is 109 Å². The van der Waals surface area contributed by atoms with Crippen molar-refractivity contribution < 1.29 is 47.7 Å². The molecule has 2 N–H and O–H groups in total. The topological polar surface area (TPSA) is 167 Å². The molecule has 0 bridgehead atoms. The van der Waals surface area contributed by atoms with Crippen molar-refractivity contribution in [3.8, 4) is 0 Å². The zero-order chi connectivity index (χ0) is 37.5. The summed E-state index contributed by atoms with van der Waals surface area (Å²) in [6.07, 6.45) is 0.241. The van der Waals surface area contributed by atoms with Crippen molar-refractivity contribution in [1.29, 1.82) is 0 Å². The Morgan fingerprint density at radius 1 is 0.980 bits per heavy atom. The highest BCUT2D eigenvalue weighted by atomic mass is 16.7. The van der Waals surface area contributed by atoms with Crippen LogP contribution in [-0.4, -0.2) is 76.8 Å². The maximum absolute atomic E-state index is 13.6. The van der Waals surface area contributed by atoms with Gasteiger partial charge in [-0.15, -0.1) is 0 Å². The van der Waals surface area contributed by atoms with Gasteiger partial charge in [0.2, 0.25) is 12.2 Å². The Morgan fingerprint density at radius 2 is 1.56 bits per heavy atom. The molecule has 0 spiro atoms. The first kappa shape index (κ1) is 39.9. The normalized spacial score (nSPS) is 20.1. The number of amides is 4. The smallest absolute Gasteiger partial charge is 0.411 e. The van der Waals surface area contributed by atoms with E-state index in [0.717, 1.165) is 4.90 Å². The van der Waals surface area contributed by atoms with Crippen molar-refractivity contribution >= 4 is 35.8 Å². The van der Waals surface area contributed by atoms with E-state index in [-0.39, 0.29) is 41.6 Å². The summed E-state index contributed by atoms with van der Waals surface area (Å²) in [6, 6.07) is 4.47. The number of rotatable bonds is 14. The Labute approximate surface area is 294 Å². The van der Waals surface area contributed by atoms with Crippen LogP contribution in [0.5, 0.6) is 0 Å². The molecule has 0 aromatic heterocycles. The lowest BCUT2D eigenvalue weighted by Gasteiger charge is -2.39. The molecular weight excluding hydrogens is 646 g/mol. The van der Waals surface area contributed by atoms with E-state index in [4.69, 9.17) is 18.9 Å². The number of esters is 2. The van der Waals surface area contributed by atoms with Crippen molar-refractivity contribution in [2.45, 2.75) is 124 Å². The number of carbonyl (C=O) groups excluding carboxylic acids is 6. The maximum atomic E-state index is 13.6. The minimum absolute atomic E-state index is 0.103. The number of nitrogens with zero attached hydrogens (tertiary/aromatic N) is 1. The van der Waals surface area contributed by atoms with Crippen LogP contribution in [0.25, 0.3) is 0 Å². The molecule has 2 aliphatic rings. The Bertz CT molecular complexity index is 1470. The Kier molecular flexibility index (Phi) is 13.5. The summed E-state index contributed by atoms with van der Waals surface area (Å²) >= 11 is 0. The number of imide groups is 1. The number of hydrogen-bond donors (Lipinski definition) is 2. The van der Waals surface area contributed by atoms with E-state index in [9.17, 15) is 28.8 Å². The molecule has 13 heteroatoms. The number of benzene rings is 1. The van der Waals surface area contributed by atoms with Gasteiger partial charge < -0.3 is 24.3 Å². The molecule has 1 aromatic rings. The fourth-order valence-electron chi connectivity index (χ4n) is 6.10. The minimum atomic E-state index is -1.39. The molecule has 5 atom stereocenters. The predicted molar refractivity (Wildman–Crippen MR) is 183 cm³/mol. The first-order valence-corrected chi connectivity index (χ1v) is 17.1. The number of carbonyl (C=O) groups is 6. The van der Waals surface area contributed by atoms with Crippen molar-refractivity contribution in [1.82, 2.24) is 15.5 Å². The van der Waals surface area contributed by atoms with Gasteiger partial charge in [-0.05, 0) is 76.5 Å². The largest absolute Gasteiger partial charge is 0.444 e. The van der Waals surface area contributed by atoms with Gasteiger partial charge in [0, 0.05) is 25.1 Å². The van der Waals surface area contributed by atoms with Gasteiger partial charge in [0.05, 0.1) is 29.4 Å². The zero-order valence-electron chi connectivity index (χ0n) is 30.5. The van der Waals surface area contributed by atoms with E-state index >= 15 is 0 Å². The summed E-state index contributed by atoms with van der Waals surface area (Å²) < 4.78 is 22.8. The van der Waals surface area contributed by atoms with E-state index in [1.54, 1.807) is 52.8 Å². The molecule has 0 radical (unpaired) electrons. The third-order valence-electron chi connectivity index (χ3n) is 8.32. The van der Waals surface area contributed by atoms with E-state index in [0.29, 0.717) is 18.5 Å². The van der Waals surface area contributed by atoms with Crippen LogP contribution in [0.15, 0.2) is 48.2 Å². The van der Waals surface area contributed by atoms with E-state index in [2.05, 4.69) is 17.2 Å². The van der Waals surface area contributed by atoms with E-state index < -0.39 is 71.8 Å². The van der Waals surface area contributed by atoms with Gasteiger partial charge in [0.25, 0.3) is 11.8 Å². The van der Waals surface area contributed by atoms with Crippen molar-refractivity contribution in [2.75, 3.05) is 0 Å². The van der Waals surface area contributed by atoms with Crippen molar-refractivity contribution in [2.24, 2.45) is 11.8 Å². The van der Waals surface area contributed by atoms with Crippen LogP contribution >= 0.6 is 0 Å². The molecule has 1 aliphatic carbocycles. The van der Waals surface area contributed by atoms with Gasteiger partial charge in [0.1, 0.15) is 11.6 Å². The molecular formula is C37H51N3O10. The lowest BCUT2D eigenvalue weighted by atomic mass is 9.79. The number of ether oxygens (including phenoxy) is 4. The highest BCUT2D eigenvalue weighted by Crippen LogP contribution is 2.33. The van der Waals surface area contributed by atoms with Gasteiger partial charge >= 0.3 is 18.0 Å². The summed E-state index contributed by atoms with van der Waals surface area (Å²) in [4.78, 5) is 79.0. The average molecular weight is 698 g/mol. The van der Waals surface area contributed by atoms with Crippen LogP contribution in [0.3, 0.4) is 0 Å². The maximum Gasteiger partial charge on any atom is 0.411 e. The SMILES string of the molecule is C=C(C[C@H]1CC(C(=O)OC(C)OC(=O)C(C(C)C)N2C(=O)c3ccccc3C2=O)=C[C@@H](OC(CC)CC)[C@@H]1NC(C)=O)NC(=O)OC(C)(C)C. The first-order chi connectivity index (χ1) is 23.4. The van der Waals surface area contributed by atoms with Gasteiger partial charge in [-0.25, -0.2) is 14.4 Å². The number of alkyl carbamates (subject to hydrolysis) is 1. The van der Waals surface area contributed by atoms with Crippen LogP contribution in [0, 0.1) is 11.8 Å². The van der Waals surface area contributed by atoms with E-state index in [1.807, 2.05) is 13.8 Å². The number of allylic oxidation sites excluding steroid dienone is 1. The fourth-order valence-corrected chi connectivity index (χ4v) is 6.10. The molecule has 1 aromatic carbocycles. The highest BCUT2D eigenvalue weighted by molar-refractivity contribution is 6.22.